The number of aliphatic imine (C=N–C) groups is 1. The molecule has 5 rings (SSSR count). The van der Waals surface area contributed by atoms with Crippen LogP contribution in [0.5, 0.6) is 0 Å². The van der Waals surface area contributed by atoms with E-state index in [1.165, 1.54) is 0 Å². The fourth-order valence-corrected chi connectivity index (χ4v) is 5.17. The van der Waals surface area contributed by atoms with E-state index in [2.05, 4.69) is 32.9 Å². The van der Waals surface area contributed by atoms with E-state index in [0.717, 1.165) is 33.3 Å². The van der Waals surface area contributed by atoms with Crippen molar-refractivity contribution in [3.8, 4) is 17.2 Å². The minimum atomic E-state index is -0.568. The van der Waals surface area contributed by atoms with Crippen LogP contribution in [0.15, 0.2) is 84.2 Å². The molecule has 1 aromatic carbocycles. The van der Waals surface area contributed by atoms with Crippen LogP contribution in [0.1, 0.15) is 29.5 Å². The van der Waals surface area contributed by atoms with Crippen LogP contribution < -0.4 is 0 Å². The predicted molar refractivity (Wildman–Crippen MR) is 158 cm³/mol. The molecule has 0 saturated carbocycles. The van der Waals surface area contributed by atoms with Crippen molar-refractivity contribution >= 4 is 23.7 Å². The minimum Gasteiger partial charge on any atom is -0.395 e. The molecule has 0 aliphatic carbocycles. The van der Waals surface area contributed by atoms with Gasteiger partial charge >= 0.3 is 0 Å². The molecule has 1 unspecified atom stereocenters. The number of aryl methyl sites for hydroxylation is 1. The monoisotopic (exact) mass is 548 g/mol. The summed E-state index contributed by atoms with van der Waals surface area (Å²) in [6, 6.07) is 13.7. The number of carbonyl (C=O) groups is 1. The van der Waals surface area contributed by atoms with Crippen LogP contribution in [0.25, 0.3) is 22.2 Å². The summed E-state index contributed by atoms with van der Waals surface area (Å²) in [6.07, 6.45) is 11.1. The summed E-state index contributed by atoms with van der Waals surface area (Å²) in [7, 11) is 1.87. The van der Waals surface area contributed by atoms with Gasteiger partial charge in [0.2, 0.25) is 5.91 Å². The van der Waals surface area contributed by atoms with Gasteiger partial charge in [-0.3, -0.25) is 9.48 Å². The predicted octanol–water partition coefficient (Wildman–Crippen LogP) is 3.47. The van der Waals surface area contributed by atoms with Crippen LogP contribution in [-0.4, -0.2) is 79.7 Å². The largest absolute Gasteiger partial charge is 0.395 e. The van der Waals surface area contributed by atoms with Gasteiger partial charge in [0.1, 0.15) is 11.9 Å². The summed E-state index contributed by atoms with van der Waals surface area (Å²) in [5.41, 5.74) is 5.74. The number of pyridine rings is 1. The molecule has 0 radical (unpaired) electrons. The molecule has 1 atom stereocenters. The number of aliphatic hydroxyl groups is 1. The molecule has 1 saturated heterocycles. The van der Waals surface area contributed by atoms with Gasteiger partial charge in [0.15, 0.2) is 0 Å². The Labute approximate surface area is 238 Å². The molecule has 4 aromatic rings. The minimum absolute atomic E-state index is 0.0715. The normalized spacial score (nSPS) is 15.2. The number of aromatic nitrogens is 4. The summed E-state index contributed by atoms with van der Waals surface area (Å²) in [6.45, 7) is 7.77. The van der Waals surface area contributed by atoms with Crippen LogP contribution in [0.3, 0.4) is 0 Å². The van der Waals surface area contributed by atoms with E-state index in [1.54, 1.807) is 26.5 Å². The number of carbonyl (C=O) groups excluding carboxylic acids is 1. The topological polar surface area (TPSA) is 115 Å². The number of amides is 1. The molecule has 1 N–H and O–H groups in total. The standard InChI is InChI=1S/C31H32N8O2/c1-22(27-15-24(26-18-34-36(3)19-26)20-39-30(27)25(16-32)17-35-39)9-10-29(33-2)37-11-13-38(14-12-37)31(41)28(21-40)23-7-5-4-6-8-23/h4-10,15,17-20,28,40H,2,11-14,21H2,1,3H3/b22-9+,29-10+. The summed E-state index contributed by atoms with van der Waals surface area (Å²) in [5.74, 6) is 0.0615. The number of benzene rings is 1. The van der Waals surface area contributed by atoms with Gasteiger partial charge in [-0.1, -0.05) is 36.4 Å². The third-order valence-corrected chi connectivity index (χ3v) is 7.44. The number of aliphatic hydroxyl groups excluding tert-OH is 1. The van der Waals surface area contributed by atoms with E-state index in [9.17, 15) is 15.2 Å². The molecule has 41 heavy (non-hydrogen) atoms. The Hall–Kier alpha value is -5.01. The molecule has 10 nitrogen and oxygen atoms in total. The molecular weight excluding hydrogens is 516 g/mol. The Bertz CT molecular complexity index is 1670. The average molecular weight is 549 g/mol. The molecule has 1 aliphatic heterocycles. The van der Waals surface area contributed by atoms with E-state index >= 15 is 0 Å². The molecule has 4 heterocycles. The Balaban J connectivity index is 1.36. The first-order chi connectivity index (χ1) is 19.9. The van der Waals surface area contributed by atoms with Crippen molar-refractivity contribution in [2.45, 2.75) is 12.8 Å². The van der Waals surface area contributed by atoms with Crippen LogP contribution in [0.4, 0.5) is 0 Å². The molecule has 1 fully saturated rings. The fraction of sp³-hybridized carbons (Fsp3) is 0.258. The first-order valence-electron chi connectivity index (χ1n) is 13.4. The molecular formula is C31H32N8O2. The van der Waals surface area contributed by atoms with Crippen molar-refractivity contribution in [1.29, 1.82) is 5.26 Å². The third-order valence-electron chi connectivity index (χ3n) is 7.44. The lowest BCUT2D eigenvalue weighted by Crippen LogP contribution is -2.49. The van der Waals surface area contributed by atoms with Gasteiger partial charge < -0.3 is 14.9 Å². The van der Waals surface area contributed by atoms with Crippen LogP contribution in [-0.2, 0) is 11.8 Å². The molecule has 208 valence electrons. The first kappa shape index (κ1) is 27.6. The van der Waals surface area contributed by atoms with Gasteiger partial charge in [-0.2, -0.15) is 15.5 Å². The van der Waals surface area contributed by atoms with Crippen molar-refractivity contribution in [2.75, 3.05) is 32.8 Å². The smallest absolute Gasteiger partial charge is 0.232 e. The second kappa shape index (κ2) is 12.0. The van der Waals surface area contributed by atoms with Gasteiger partial charge in [-0.25, -0.2) is 9.51 Å². The molecule has 0 bridgehead atoms. The highest BCUT2D eigenvalue weighted by atomic mass is 16.3. The van der Waals surface area contributed by atoms with E-state index < -0.39 is 5.92 Å². The molecule has 10 heteroatoms. The van der Waals surface area contributed by atoms with E-state index in [-0.39, 0.29) is 12.5 Å². The lowest BCUT2D eigenvalue weighted by atomic mass is 9.98. The van der Waals surface area contributed by atoms with Gasteiger partial charge in [-0.15, -0.1) is 0 Å². The van der Waals surface area contributed by atoms with Crippen LogP contribution in [0.2, 0.25) is 0 Å². The number of rotatable bonds is 8. The second-order valence-corrected chi connectivity index (χ2v) is 10.00. The lowest BCUT2D eigenvalue weighted by Gasteiger charge is -2.37. The van der Waals surface area contributed by atoms with E-state index in [4.69, 9.17) is 0 Å². The summed E-state index contributed by atoms with van der Waals surface area (Å²) < 4.78 is 3.48. The van der Waals surface area contributed by atoms with Crippen molar-refractivity contribution in [2.24, 2.45) is 12.0 Å². The number of piperazine rings is 1. The van der Waals surface area contributed by atoms with Gasteiger partial charge in [-0.05, 0) is 36.9 Å². The highest BCUT2D eigenvalue weighted by Crippen LogP contribution is 2.29. The maximum atomic E-state index is 13.2. The van der Waals surface area contributed by atoms with Crippen molar-refractivity contribution in [3.63, 3.8) is 0 Å². The van der Waals surface area contributed by atoms with Crippen molar-refractivity contribution in [3.05, 3.63) is 95.8 Å². The fourth-order valence-electron chi connectivity index (χ4n) is 5.17. The summed E-state index contributed by atoms with van der Waals surface area (Å²) in [4.78, 5) is 21.3. The quantitative estimate of drug-likeness (QED) is 0.266. The summed E-state index contributed by atoms with van der Waals surface area (Å²) >= 11 is 0. The average Bonchev–Trinajstić information content (AvgIpc) is 3.64. The van der Waals surface area contributed by atoms with Crippen molar-refractivity contribution in [1.82, 2.24) is 29.2 Å². The lowest BCUT2D eigenvalue weighted by molar-refractivity contribution is -0.135. The van der Waals surface area contributed by atoms with E-state index in [0.29, 0.717) is 37.6 Å². The second-order valence-electron chi connectivity index (χ2n) is 10.00. The number of nitriles is 1. The number of fused-ring (bicyclic) bond motifs is 1. The Kier molecular flexibility index (Phi) is 8.08. The Morgan fingerprint density at radius 1 is 1.10 bits per heavy atom. The zero-order chi connectivity index (χ0) is 28.9. The Morgan fingerprint density at radius 2 is 1.83 bits per heavy atom. The third kappa shape index (κ3) is 5.66. The highest BCUT2D eigenvalue weighted by molar-refractivity contribution is 5.85. The first-order valence-corrected chi connectivity index (χ1v) is 13.4. The van der Waals surface area contributed by atoms with Crippen molar-refractivity contribution < 1.29 is 9.90 Å². The summed E-state index contributed by atoms with van der Waals surface area (Å²) in [5, 5.41) is 28.3. The highest BCUT2D eigenvalue weighted by Gasteiger charge is 2.28. The van der Waals surface area contributed by atoms with E-state index in [1.807, 2.05) is 74.9 Å². The van der Waals surface area contributed by atoms with Gasteiger partial charge in [0.05, 0.1) is 36.0 Å². The SMILES string of the molecule is C=N/C(=C\C=C(/C)c1cc(-c2cnn(C)c2)cn2ncc(C#N)c12)N1CCN(C(=O)C(CO)c2ccccc2)CC1. The molecule has 1 aliphatic rings. The maximum absolute atomic E-state index is 13.2. The number of allylic oxidation sites excluding steroid dienone is 3. The number of hydrogen-bond acceptors (Lipinski definition) is 7. The molecule has 0 spiro atoms. The number of nitrogens with zero attached hydrogens (tertiary/aromatic N) is 8. The Morgan fingerprint density at radius 3 is 2.46 bits per heavy atom. The van der Waals surface area contributed by atoms with Gasteiger partial charge in [0.25, 0.3) is 0 Å². The molecule has 1 amide bonds. The van der Waals surface area contributed by atoms with Crippen LogP contribution >= 0.6 is 0 Å². The molecule has 3 aromatic heterocycles. The zero-order valence-corrected chi connectivity index (χ0v) is 23.2. The van der Waals surface area contributed by atoms with Gasteiger partial charge in [0, 0.05) is 62.3 Å². The zero-order valence-electron chi connectivity index (χ0n) is 23.2. The van der Waals surface area contributed by atoms with Crippen LogP contribution in [0, 0.1) is 11.3 Å². The maximum Gasteiger partial charge on any atom is 0.232 e. The number of hydrogen-bond donors (Lipinski definition) is 1.